The minimum Gasteiger partial charge on any atom is -0.491 e. The van der Waals surface area contributed by atoms with Crippen molar-refractivity contribution in [1.82, 2.24) is 15.0 Å². The molecule has 0 saturated heterocycles. The number of halogens is 2. The number of hydrogen-bond donors (Lipinski definition) is 0. The van der Waals surface area contributed by atoms with Gasteiger partial charge in [0.25, 0.3) is 6.43 Å². The summed E-state index contributed by atoms with van der Waals surface area (Å²) in [6.45, 7) is 8.51. The maximum atomic E-state index is 13.4. The highest BCUT2D eigenvalue weighted by Crippen LogP contribution is 2.31. The predicted octanol–water partition coefficient (Wildman–Crippen LogP) is 4.85. The Balaban J connectivity index is 2.21. The molecule has 0 fully saturated rings. The molecule has 2 aromatic rings. The molecule has 0 aliphatic carbocycles. The van der Waals surface area contributed by atoms with Crippen LogP contribution in [0.15, 0.2) is 24.7 Å². The normalized spacial score (nSPS) is 12.7. The van der Waals surface area contributed by atoms with Crippen molar-refractivity contribution in [2.24, 2.45) is 11.8 Å². The zero-order valence-corrected chi connectivity index (χ0v) is 14.5. The number of alkyl halides is 2. The fourth-order valence-corrected chi connectivity index (χ4v) is 2.59. The second-order valence-electron chi connectivity index (χ2n) is 6.50. The van der Waals surface area contributed by atoms with Gasteiger partial charge in [-0.05, 0) is 37.3 Å². The smallest absolute Gasteiger partial charge is 0.267 e. The lowest BCUT2D eigenvalue weighted by Crippen LogP contribution is -2.12. The first-order valence-corrected chi connectivity index (χ1v) is 8.06. The highest BCUT2D eigenvalue weighted by molar-refractivity contribution is 5.57. The van der Waals surface area contributed by atoms with Gasteiger partial charge in [-0.2, -0.15) is 0 Å². The van der Waals surface area contributed by atoms with Crippen LogP contribution in [0.2, 0.25) is 0 Å². The van der Waals surface area contributed by atoms with Crippen LogP contribution >= 0.6 is 0 Å². The third-order valence-corrected chi connectivity index (χ3v) is 3.60. The van der Waals surface area contributed by atoms with Gasteiger partial charge in [-0.25, -0.2) is 18.7 Å². The molecule has 130 valence electrons. The number of ether oxygens (including phenoxy) is 1. The van der Waals surface area contributed by atoms with Gasteiger partial charge in [-0.15, -0.1) is 0 Å². The molecule has 0 radical (unpaired) electrons. The highest BCUT2D eigenvalue weighted by Gasteiger charge is 2.18. The van der Waals surface area contributed by atoms with Crippen molar-refractivity contribution in [2.75, 3.05) is 6.61 Å². The van der Waals surface area contributed by atoms with Gasteiger partial charge < -0.3 is 4.74 Å². The quantitative estimate of drug-likeness (QED) is 0.726. The van der Waals surface area contributed by atoms with Gasteiger partial charge in [0.05, 0.1) is 29.8 Å². The van der Waals surface area contributed by atoms with E-state index < -0.39 is 6.43 Å². The predicted molar refractivity (Wildman–Crippen MR) is 89.1 cm³/mol. The Bertz CT molecular complexity index is 677. The minimum atomic E-state index is -2.63. The zero-order chi connectivity index (χ0) is 17.7. The molecule has 2 rings (SSSR count). The fourth-order valence-electron chi connectivity index (χ4n) is 2.59. The van der Waals surface area contributed by atoms with E-state index in [4.69, 9.17) is 4.74 Å². The van der Waals surface area contributed by atoms with Gasteiger partial charge in [0.15, 0.2) is 0 Å². The Kier molecular flexibility index (Phi) is 6.17. The van der Waals surface area contributed by atoms with Crippen molar-refractivity contribution in [1.29, 1.82) is 0 Å². The third kappa shape index (κ3) is 4.94. The third-order valence-electron chi connectivity index (χ3n) is 3.60. The first-order valence-electron chi connectivity index (χ1n) is 8.06. The van der Waals surface area contributed by atoms with Crippen molar-refractivity contribution < 1.29 is 13.5 Å². The largest absolute Gasteiger partial charge is 0.491 e. The summed E-state index contributed by atoms with van der Waals surface area (Å²) in [5, 5.41) is 0. The molecule has 4 nitrogen and oxygen atoms in total. The summed E-state index contributed by atoms with van der Waals surface area (Å²) in [4.78, 5) is 12.3. The minimum absolute atomic E-state index is 0.134. The van der Waals surface area contributed by atoms with Crippen LogP contribution in [0.25, 0.3) is 11.4 Å². The van der Waals surface area contributed by atoms with Crippen molar-refractivity contribution >= 4 is 0 Å². The number of nitrogens with zero attached hydrogens (tertiary/aromatic N) is 3. The fraction of sp³-hybridized carbons (Fsp3) is 0.500. The van der Waals surface area contributed by atoms with E-state index in [1.165, 1.54) is 18.6 Å². The van der Waals surface area contributed by atoms with Crippen molar-refractivity contribution in [2.45, 2.75) is 40.5 Å². The molecule has 6 heteroatoms. The molecule has 0 amide bonds. The molecule has 0 N–H and O–H groups in total. The monoisotopic (exact) mass is 335 g/mol. The van der Waals surface area contributed by atoms with Crippen LogP contribution in [0.5, 0.6) is 5.75 Å². The van der Waals surface area contributed by atoms with Gasteiger partial charge in [0.2, 0.25) is 0 Å². The molecule has 0 saturated carbocycles. The van der Waals surface area contributed by atoms with E-state index in [-0.39, 0.29) is 11.3 Å². The van der Waals surface area contributed by atoms with E-state index in [2.05, 4.69) is 28.8 Å². The maximum absolute atomic E-state index is 13.4. The Morgan fingerprint density at radius 1 is 1.04 bits per heavy atom. The molecule has 0 aliphatic heterocycles. The molecule has 1 atom stereocenters. The molecule has 0 aromatic carbocycles. The van der Waals surface area contributed by atoms with Gasteiger partial charge >= 0.3 is 0 Å². The Morgan fingerprint density at radius 3 is 2.38 bits per heavy atom. The summed E-state index contributed by atoms with van der Waals surface area (Å²) in [7, 11) is 0. The Hall–Kier alpha value is -2.11. The van der Waals surface area contributed by atoms with Crippen LogP contribution < -0.4 is 4.74 Å². The second kappa shape index (κ2) is 8.13. The topological polar surface area (TPSA) is 47.9 Å². The summed E-state index contributed by atoms with van der Waals surface area (Å²) in [6.07, 6.45) is 1.10. The first-order chi connectivity index (χ1) is 11.4. The van der Waals surface area contributed by atoms with Crippen LogP contribution in [0.1, 0.15) is 44.9 Å². The van der Waals surface area contributed by atoms with E-state index in [9.17, 15) is 8.78 Å². The first kappa shape index (κ1) is 18.2. The van der Waals surface area contributed by atoms with E-state index in [0.717, 1.165) is 12.1 Å². The molecule has 2 heterocycles. The number of hydrogen-bond acceptors (Lipinski definition) is 4. The summed E-state index contributed by atoms with van der Waals surface area (Å²) in [5.74, 6) is 0.967. The standard InChI is InChI=1S/C18H23F2N3O/c1-11(2)5-12(3)9-24-17-8-21-16(7-14(17)18(19)20)15-6-13(4)22-10-23-15/h6-8,10-12,18H,5,9H2,1-4H3/t12-/m0/s1. The summed E-state index contributed by atoms with van der Waals surface area (Å²) in [6, 6.07) is 3.05. The van der Waals surface area contributed by atoms with Crippen molar-refractivity contribution in [3.63, 3.8) is 0 Å². The SMILES string of the molecule is Cc1cc(-c2cc(C(F)F)c(OC[C@@H](C)CC(C)C)cn2)ncn1. The van der Waals surface area contributed by atoms with E-state index in [0.29, 0.717) is 29.8 Å². The average Bonchev–Trinajstić information content (AvgIpc) is 2.52. The van der Waals surface area contributed by atoms with Crippen LogP contribution in [-0.2, 0) is 0 Å². The lowest BCUT2D eigenvalue weighted by Gasteiger charge is -2.17. The molecule has 0 unspecified atom stereocenters. The molecule has 2 aromatic heterocycles. The number of pyridine rings is 1. The summed E-state index contributed by atoms with van der Waals surface area (Å²) >= 11 is 0. The number of aromatic nitrogens is 3. The lowest BCUT2D eigenvalue weighted by atomic mass is 10.00. The van der Waals surface area contributed by atoms with Crippen LogP contribution in [0, 0.1) is 18.8 Å². The Labute approximate surface area is 141 Å². The van der Waals surface area contributed by atoms with Crippen LogP contribution in [0.4, 0.5) is 8.78 Å². The maximum Gasteiger partial charge on any atom is 0.267 e. The van der Waals surface area contributed by atoms with Crippen LogP contribution in [0.3, 0.4) is 0 Å². The van der Waals surface area contributed by atoms with Crippen molar-refractivity contribution in [3.8, 4) is 17.1 Å². The molecular formula is C18H23F2N3O. The van der Waals surface area contributed by atoms with Gasteiger partial charge in [0, 0.05) is 5.69 Å². The molecule has 0 bridgehead atoms. The Morgan fingerprint density at radius 2 is 1.75 bits per heavy atom. The highest BCUT2D eigenvalue weighted by atomic mass is 19.3. The number of aryl methyl sites for hydroxylation is 1. The van der Waals surface area contributed by atoms with E-state index >= 15 is 0 Å². The zero-order valence-electron chi connectivity index (χ0n) is 14.5. The molecule has 0 aliphatic rings. The summed E-state index contributed by atoms with van der Waals surface area (Å²) in [5.41, 5.74) is 1.50. The van der Waals surface area contributed by atoms with E-state index in [1.807, 2.05) is 13.8 Å². The van der Waals surface area contributed by atoms with E-state index in [1.54, 1.807) is 6.07 Å². The molecular weight excluding hydrogens is 312 g/mol. The average molecular weight is 335 g/mol. The number of rotatable bonds is 7. The van der Waals surface area contributed by atoms with Crippen molar-refractivity contribution in [3.05, 3.63) is 35.9 Å². The van der Waals surface area contributed by atoms with Gasteiger partial charge in [0.1, 0.15) is 12.1 Å². The molecule has 24 heavy (non-hydrogen) atoms. The van der Waals surface area contributed by atoms with Gasteiger partial charge in [-0.3, -0.25) is 4.98 Å². The van der Waals surface area contributed by atoms with Gasteiger partial charge in [-0.1, -0.05) is 20.8 Å². The van der Waals surface area contributed by atoms with Crippen LogP contribution in [-0.4, -0.2) is 21.6 Å². The second-order valence-corrected chi connectivity index (χ2v) is 6.50. The summed E-state index contributed by atoms with van der Waals surface area (Å²) < 4.78 is 32.4. The lowest BCUT2D eigenvalue weighted by molar-refractivity contribution is 0.142. The molecule has 0 spiro atoms.